The summed E-state index contributed by atoms with van der Waals surface area (Å²) in [6.45, 7) is 1.86. The number of hydrogen-bond acceptors (Lipinski definition) is 3. The van der Waals surface area contributed by atoms with Crippen molar-refractivity contribution in [2.45, 2.75) is 12.3 Å². The Morgan fingerprint density at radius 3 is 2.17 bits per heavy atom. The lowest BCUT2D eigenvalue weighted by molar-refractivity contribution is -0.145. The lowest BCUT2D eigenvalue weighted by atomic mass is 9.76. The van der Waals surface area contributed by atoms with Crippen LogP contribution in [0.5, 0.6) is 0 Å². The Labute approximate surface area is 106 Å². The molecule has 1 aromatic heterocycles. The number of methoxy groups -OCH3 is 1. The fraction of sp³-hybridized carbons (Fsp3) is 0.200. The standard InChI is InChI=1S/C15H15NO2/c1-15(14(17)18-2,12-6-4-3-5-7-12)13-8-10-16-11-9-13/h3-11H,1-2H3. The van der Waals surface area contributed by atoms with Crippen LogP contribution in [-0.4, -0.2) is 18.1 Å². The number of benzene rings is 1. The van der Waals surface area contributed by atoms with E-state index in [4.69, 9.17) is 4.74 Å². The van der Waals surface area contributed by atoms with E-state index < -0.39 is 5.41 Å². The van der Waals surface area contributed by atoms with E-state index in [9.17, 15) is 4.79 Å². The topological polar surface area (TPSA) is 39.2 Å². The second-order valence-corrected chi connectivity index (χ2v) is 4.22. The highest BCUT2D eigenvalue weighted by atomic mass is 16.5. The molecule has 0 saturated carbocycles. The number of esters is 1. The molecule has 0 aliphatic carbocycles. The molecule has 1 aromatic carbocycles. The Hall–Kier alpha value is -2.16. The first kappa shape index (κ1) is 12.3. The van der Waals surface area contributed by atoms with Crippen molar-refractivity contribution in [3.05, 3.63) is 66.0 Å². The van der Waals surface area contributed by atoms with Gasteiger partial charge in [-0.1, -0.05) is 30.3 Å². The smallest absolute Gasteiger partial charge is 0.320 e. The molecule has 1 atom stereocenters. The number of ether oxygens (including phenoxy) is 1. The first-order valence-corrected chi connectivity index (χ1v) is 5.74. The van der Waals surface area contributed by atoms with Crippen molar-refractivity contribution < 1.29 is 9.53 Å². The highest BCUT2D eigenvalue weighted by Gasteiger charge is 2.38. The minimum absolute atomic E-state index is 0.278. The second kappa shape index (κ2) is 5.00. The van der Waals surface area contributed by atoms with Gasteiger partial charge < -0.3 is 4.74 Å². The molecule has 18 heavy (non-hydrogen) atoms. The van der Waals surface area contributed by atoms with Crippen LogP contribution in [0.15, 0.2) is 54.9 Å². The van der Waals surface area contributed by atoms with Gasteiger partial charge in [0.1, 0.15) is 5.41 Å². The number of rotatable bonds is 3. The van der Waals surface area contributed by atoms with Gasteiger partial charge in [-0.25, -0.2) is 0 Å². The zero-order chi connectivity index (χ0) is 13.0. The van der Waals surface area contributed by atoms with Gasteiger partial charge in [-0.05, 0) is 30.2 Å². The maximum atomic E-state index is 12.2. The molecule has 0 bridgehead atoms. The summed E-state index contributed by atoms with van der Waals surface area (Å²) < 4.78 is 4.96. The summed E-state index contributed by atoms with van der Waals surface area (Å²) in [5.74, 6) is -0.278. The van der Waals surface area contributed by atoms with E-state index in [0.29, 0.717) is 0 Å². The fourth-order valence-electron chi connectivity index (χ4n) is 2.06. The third-order valence-corrected chi connectivity index (χ3v) is 3.20. The summed E-state index contributed by atoms with van der Waals surface area (Å²) in [4.78, 5) is 16.2. The molecule has 3 nitrogen and oxygen atoms in total. The van der Waals surface area contributed by atoms with E-state index in [0.717, 1.165) is 11.1 Å². The van der Waals surface area contributed by atoms with Gasteiger partial charge in [-0.3, -0.25) is 9.78 Å². The summed E-state index contributed by atoms with van der Waals surface area (Å²) in [6, 6.07) is 13.3. The Balaban J connectivity index is 2.59. The predicted octanol–water partition coefficient (Wildman–Crippen LogP) is 2.56. The van der Waals surface area contributed by atoms with Gasteiger partial charge in [0, 0.05) is 12.4 Å². The molecular formula is C15H15NO2. The molecule has 0 radical (unpaired) electrons. The van der Waals surface area contributed by atoms with Gasteiger partial charge in [-0.15, -0.1) is 0 Å². The van der Waals surface area contributed by atoms with E-state index in [1.165, 1.54) is 7.11 Å². The van der Waals surface area contributed by atoms with Crippen molar-refractivity contribution in [3.63, 3.8) is 0 Å². The number of carbonyl (C=O) groups excluding carboxylic acids is 1. The summed E-state index contributed by atoms with van der Waals surface area (Å²) in [7, 11) is 1.41. The first-order chi connectivity index (χ1) is 8.69. The maximum absolute atomic E-state index is 12.2. The largest absolute Gasteiger partial charge is 0.468 e. The fourth-order valence-corrected chi connectivity index (χ4v) is 2.06. The van der Waals surface area contributed by atoms with E-state index in [1.54, 1.807) is 12.4 Å². The molecule has 3 heteroatoms. The normalized spacial score (nSPS) is 13.7. The molecule has 0 aliphatic heterocycles. The molecule has 0 saturated heterocycles. The number of carbonyl (C=O) groups is 1. The molecule has 1 heterocycles. The minimum Gasteiger partial charge on any atom is -0.468 e. The highest BCUT2D eigenvalue weighted by Crippen LogP contribution is 2.32. The quantitative estimate of drug-likeness (QED) is 0.775. The molecule has 0 aliphatic rings. The number of pyridine rings is 1. The van der Waals surface area contributed by atoms with Crippen LogP contribution in [0.2, 0.25) is 0 Å². The highest BCUT2D eigenvalue weighted by molar-refractivity contribution is 5.87. The second-order valence-electron chi connectivity index (χ2n) is 4.22. The number of hydrogen-bond donors (Lipinski definition) is 0. The average Bonchev–Trinajstić information content (AvgIpc) is 2.47. The van der Waals surface area contributed by atoms with Crippen molar-refractivity contribution in [3.8, 4) is 0 Å². The molecule has 1 unspecified atom stereocenters. The minimum atomic E-state index is -0.807. The molecule has 2 rings (SSSR count). The van der Waals surface area contributed by atoms with Gasteiger partial charge in [-0.2, -0.15) is 0 Å². The van der Waals surface area contributed by atoms with Crippen molar-refractivity contribution in [1.82, 2.24) is 4.98 Å². The molecule has 0 spiro atoms. The summed E-state index contributed by atoms with van der Waals surface area (Å²) in [5.41, 5.74) is 0.970. The number of nitrogens with zero attached hydrogens (tertiary/aromatic N) is 1. The molecule has 0 fully saturated rings. The van der Waals surface area contributed by atoms with E-state index in [1.807, 2.05) is 49.4 Å². The van der Waals surface area contributed by atoms with Crippen molar-refractivity contribution in [1.29, 1.82) is 0 Å². The molecule has 0 amide bonds. The van der Waals surface area contributed by atoms with Crippen molar-refractivity contribution in [2.24, 2.45) is 0 Å². The molecule has 2 aromatic rings. The zero-order valence-electron chi connectivity index (χ0n) is 10.5. The van der Waals surface area contributed by atoms with Crippen LogP contribution < -0.4 is 0 Å². The molecule has 0 N–H and O–H groups in total. The van der Waals surface area contributed by atoms with Gasteiger partial charge >= 0.3 is 5.97 Å². The van der Waals surface area contributed by atoms with Crippen LogP contribution in [0.25, 0.3) is 0 Å². The Bertz CT molecular complexity index is 483. The molecular weight excluding hydrogens is 226 g/mol. The van der Waals surface area contributed by atoms with Crippen LogP contribution in [0.3, 0.4) is 0 Å². The first-order valence-electron chi connectivity index (χ1n) is 5.74. The van der Waals surface area contributed by atoms with Gasteiger partial charge in [0.15, 0.2) is 0 Å². The average molecular weight is 241 g/mol. The SMILES string of the molecule is COC(=O)C(C)(c1ccccc1)c1ccncc1. The maximum Gasteiger partial charge on any atom is 0.320 e. The Morgan fingerprint density at radius 2 is 1.61 bits per heavy atom. The summed E-state index contributed by atoms with van der Waals surface area (Å²) in [6.07, 6.45) is 3.36. The Kier molecular flexibility index (Phi) is 3.42. The third-order valence-electron chi connectivity index (χ3n) is 3.20. The van der Waals surface area contributed by atoms with Crippen LogP contribution in [-0.2, 0) is 14.9 Å². The summed E-state index contributed by atoms with van der Waals surface area (Å²) >= 11 is 0. The third kappa shape index (κ3) is 1.99. The molecule has 92 valence electrons. The van der Waals surface area contributed by atoms with Crippen molar-refractivity contribution >= 4 is 5.97 Å². The van der Waals surface area contributed by atoms with E-state index >= 15 is 0 Å². The van der Waals surface area contributed by atoms with E-state index in [-0.39, 0.29) is 5.97 Å². The Morgan fingerprint density at radius 1 is 1.06 bits per heavy atom. The van der Waals surface area contributed by atoms with Gasteiger partial charge in [0.25, 0.3) is 0 Å². The number of aromatic nitrogens is 1. The van der Waals surface area contributed by atoms with Crippen molar-refractivity contribution in [2.75, 3.05) is 7.11 Å². The summed E-state index contributed by atoms with van der Waals surface area (Å²) in [5, 5.41) is 0. The predicted molar refractivity (Wildman–Crippen MR) is 69.1 cm³/mol. The lowest BCUT2D eigenvalue weighted by Gasteiger charge is -2.27. The van der Waals surface area contributed by atoms with Crippen LogP contribution in [0.1, 0.15) is 18.1 Å². The van der Waals surface area contributed by atoms with Gasteiger partial charge in [0.05, 0.1) is 7.11 Å². The van der Waals surface area contributed by atoms with Crippen LogP contribution >= 0.6 is 0 Å². The lowest BCUT2D eigenvalue weighted by Crippen LogP contribution is -2.35. The van der Waals surface area contributed by atoms with E-state index in [2.05, 4.69) is 4.98 Å². The van der Waals surface area contributed by atoms with Crippen LogP contribution in [0.4, 0.5) is 0 Å². The van der Waals surface area contributed by atoms with Gasteiger partial charge in [0.2, 0.25) is 0 Å². The monoisotopic (exact) mass is 241 g/mol. The van der Waals surface area contributed by atoms with Crippen LogP contribution in [0, 0.1) is 0 Å². The zero-order valence-corrected chi connectivity index (χ0v) is 10.5.